The Hall–Kier alpha value is -3.40. The van der Waals surface area contributed by atoms with Crippen LogP contribution in [-0.2, 0) is 0 Å². The first-order valence-corrected chi connectivity index (χ1v) is 10.5. The predicted octanol–water partition coefficient (Wildman–Crippen LogP) is 2.13. The zero-order valence-corrected chi connectivity index (χ0v) is 18.9. The van der Waals surface area contributed by atoms with Crippen LogP contribution in [0.25, 0.3) is 22.8 Å². The van der Waals surface area contributed by atoms with Crippen molar-refractivity contribution in [1.29, 1.82) is 0 Å². The molecule has 2 aromatic heterocycles. The average Bonchev–Trinajstić information content (AvgIpc) is 2.71. The van der Waals surface area contributed by atoms with Gasteiger partial charge in [-0.15, -0.1) is 10.2 Å². The maximum absolute atomic E-state index is 11.4. The highest BCUT2D eigenvalue weighted by Crippen LogP contribution is 2.33. The first kappa shape index (κ1) is 21.8. The fourth-order valence-electron chi connectivity index (χ4n) is 4.60. The lowest BCUT2D eigenvalue weighted by Gasteiger charge is -2.49. The van der Waals surface area contributed by atoms with E-state index in [1.165, 1.54) is 12.4 Å². The molecule has 0 amide bonds. The maximum atomic E-state index is 11.4. The van der Waals surface area contributed by atoms with Crippen LogP contribution in [0.1, 0.15) is 40.5 Å². The maximum Gasteiger partial charge on any atom is 0.348 e. The van der Waals surface area contributed by atoms with Gasteiger partial charge in [-0.1, -0.05) is 6.07 Å². The van der Waals surface area contributed by atoms with Crippen molar-refractivity contribution in [1.82, 2.24) is 35.5 Å². The minimum absolute atomic E-state index is 0.0168. The number of rotatable bonds is 4. The highest BCUT2D eigenvalue weighted by molar-refractivity contribution is 5.70. The molecular formula is C22H28N8O2. The third-order valence-corrected chi connectivity index (χ3v) is 5.73. The van der Waals surface area contributed by atoms with Crippen molar-refractivity contribution in [3.8, 4) is 28.5 Å². The number of phenols is 1. The number of nitrogens with one attached hydrogen (secondary N) is 2. The van der Waals surface area contributed by atoms with Crippen LogP contribution in [0.5, 0.6) is 5.75 Å². The van der Waals surface area contributed by atoms with Gasteiger partial charge in [0.2, 0.25) is 0 Å². The van der Waals surface area contributed by atoms with E-state index in [1.807, 2.05) is 7.05 Å². The number of piperidine rings is 1. The van der Waals surface area contributed by atoms with Gasteiger partial charge in [0.05, 0.1) is 11.8 Å². The Morgan fingerprint density at radius 2 is 1.78 bits per heavy atom. The molecule has 1 aromatic carbocycles. The summed E-state index contributed by atoms with van der Waals surface area (Å²) >= 11 is 0. The van der Waals surface area contributed by atoms with Gasteiger partial charge in [-0.05, 0) is 52.7 Å². The Morgan fingerprint density at radius 1 is 1.06 bits per heavy atom. The lowest BCUT2D eigenvalue weighted by molar-refractivity contribution is 0.160. The van der Waals surface area contributed by atoms with Crippen molar-refractivity contribution in [2.75, 3.05) is 11.9 Å². The highest BCUT2D eigenvalue weighted by atomic mass is 16.3. The van der Waals surface area contributed by atoms with E-state index in [4.69, 9.17) is 0 Å². The third-order valence-electron chi connectivity index (χ3n) is 5.73. The number of aromatic nitrogens is 6. The fourth-order valence-corrected chi connectivity index (χ4v) is 4.60. The second-order valence-corrected chi connectivity index (χ2v) is 9.59. The van der Waals surface area contributed by atoms with Gasteiger partial charge in [0.15, 0.2) is 11.6 Å². The summed E-state index contributed by atoms with van der Waals surface area (Å²) in [6, 6.07) is 5.18. The van der Waals surface area contributed by atoms with Gasteiger partial charge >= 0.3 is 5.69 Å². The Bertz CT molecular complexity index is 1160. The second kappa shape index (κ2) is 7.94. The van der Waals surface area contributed by atoms with Crippen LogP contribution in [0.3, 0.4) is 0 Å². The molecule has 3 heterocycles. The summed E-state index contributed by atoms with van der Waals surface area (Å²) in [4.78, 5) is 28.0. The molecule has 168 valence electrons. The lowest BCUT2D eigenvalue weighted by atomic mass is 9.79. The van der Waals surface area contributed by atoms with Crippen molar-refractivity contribution >= 4 is 5.82 Å². The standard InChI is InChI=1S/C22H28N8O2/c1-21(2)9-14(10-22(3,4)29-21)30(5)17-11-23-19(28-27-17)15-7-6-13(8-16(15)31)18-24-12-25-20(32)26-18/h6-8,11-12,14,29,31H,9-10H2,1-5H3,(H,24,25,26,32). The smallest absolute Gasteiger partial charge is 0.348 e. The number of hydrogen-bond donors (Lipinski definition) is 3. The van der Waals surface area contributed by atoms with Crippen LogP contribution >= 0.6 is 0 Å². The molecule has 1 saturated heterocycles. The minimum Gasteiger partial charge on any atom is -0.507 e. The van der Waals surface area contributed by atoms with Crippen molar-refractivity contribution in [2.45, 2.75) is 57.7 Å². The van der Waals surface area contributed by atoms with Crippen molar-refractivity contribution in [3.05, 3.63) is 41.2 Å². The molecule has 10 heteroatoms. The monoisotopic (exact) mass is 436 g/mol. The van der Waals surface area contributed by atoms with Crippen LogP contribution in [0.2, 0.25) is 0 Å². The number of anilines is 1. The zero-order valence-electron chi connectivity index (χ0n) is 18.9. The Kier molecular flexibility index (Phi) is 5.41. The van der Waals surface area contributed by atoms with E-state index in [0.717, 1.165) is 12.8 Å². The number of hydrogen-bond acceptors (Lipinski definition) is 9. The van der Waals surface area contributed by atoms with Crippen molar-refractivity contribution in [3.63, 3.8) is 0 Å². The first-order valence-electron chi connectivity index (χ1n) is 10.5. The van der Waals surface area contributed by atoms with Gasteiger partial charge in [0.1, 0.15) is 17.9 Å². The van der Waals surface area contributed by atoms with Crippen LogP contribution in [0.4, 0.5) is 5.82 Å². The van der Waals surface area contributed by atoms with E-state index < -0.39 is 5.69 Å². The number of phenolic OH excluding ortho intramolecular Hbond substituents is 1. The summed E-state index contributed by atoms with van der Waals surface area (Å²) in [6.45, 7) is 8.85. The summed E-state index contributed by atoms with van der Waals surface area (Å²) in [5.74, 6) is 1.28. The van der Waals surface area contributed by atoms with Crippen LogP contribution < -0.4 is 15.9 Å². The normalized spacial score (nSPS) is 17.8. The van der Waals surface area contributed by atoms with E-state index in [-0.39, 0.29) is 16.8 Å². The zero-order chi connectivity index (χ0) is 23.1. The molecule has 1 fully saturated rings. The Morgan fingerprint density at radius 3 is 2.38 bits per heavy atom. The minimum atomic E-state index is -0.508. The second-order valence-electron chi connectivity index (χ2n) is 9.59. The molecule has 3 N–H and O–H groups in total. The van der Waals surface area contributed by atoms with Gasteiger partial charge < -0.3 is 15.3 Å². The Labute approximate surface area is 186 Å². The van der Waals surface area contributed by atoms with E-state index >= 15 is 0 Å². The molecule has 0 atom stereocenters. The molecule has 0 aliphatic carbocycles. The summed E-state index contributed by atoms with van der Waals surface area (Å²) in [5, 5.41) is 22.8. The summed E-state index contributed by atoms with van der Waals surface area (Å²) < 4.78 is 0. The molecule has 0 saturated carbocycles. The number of aromatic amines is 1. The fraction of sp³-hybridized carbons (Fsp3) is 0.455. The molecule has 0 unspecified atom stereocenters. The molecule has 4 rings (SSSR count). The molecule has 0 radical (unpaired) electrons. The quantitative estimate of drug-likeness (QED) is 0.562. The van der Waals surface area contributed by atoms with Crippen LogP contribution in [0.15, 0.2) is 35.5 Å². The molecule has 10 nitrogen and oxygen atoms in total. The number of aromatic hydroxyl groups is 1. The number of H-pyrrole nitrogens is 1. The summed E-state index contributed by atoms with van der Waals surface area (Å²) in [5.41, 5.74) is 0.514. The third kappa shape index (κ3) is 4.59. The molecule has 0 bridgehead atoms. The van der Waals surface area contributed by atoms with E-state index in [9.17, 15) is 9.90 Å². The predicted molar refractivity (Wildman–Crippen MR) is 121 cm³/mol. The Balaban J connectivity index is 1.55. The first-order chi connectivity index (χ1) is 15.0. The number of benzene rings is 1. The lowest BCUT2D eigenvalue weighted by Crippen LogP contribution is -2.62. The summed E-state index contributed by atoms with van der Waals surface area (Å²) in [7, 11) is 2.02. The largest absolute Gasteiger partial charge is 0.507 e. The van der Waals surface area contributed by atoms with Gasteiger partial charge in [0.25, 0.3) is 0 Å². The van der Waals surface area contributed by atoms with Crippen molar-refractivity contribution in [2.24, 2.45) is 0 Å². The molecular weight excluding hydrogens is 408 g/mol. The van der Waals surface area contributed by atoms with Gasteiger partial charge in [-0.3, -0.25) is 4.98 Å². The molecule has 3 aromatic rings. The molecule has 0 spiro atoms. The molecule has 1 aliphatic rings. The summed E-state index contributed by atoms with van der Waals surface area (Å²) in [6.07, 6.45) is 4.80. The van der Waals surface area contributed by atoms with Crippen molar-refractivity contribution < 1.29 is 5.11 Å². The van der Waals surface area contributed by atoms with E-state index in [1.54, 1.807) is 18.3 Å². The van der Waals surface area contributed by atoms with E-state index in [0.29, 0.717) is 34.6 Å². The highest BCUT2D eigenvalue weighted by Gasteiger charge is 2.39. The van der Waals surface area contributed by atoms with Gasteiger partial charge in [-0.2, -0.15) is 4.98 Å². The molecule has 32 heavy (non-hydrogen) atoms. The van der Waals surface area contributed by atoms with Gasteiger partial charge in [0, 0.05) is 29.7 Å². The average molecular weight is 437 g/mol. The van der Waals surface area contributed by atoms with Crippen LogP contribution in [0, 0.1) is 0 Å². The number of nitrogens with zero attached hydrogens (tertiary/aromatic N) is 6. The van der Waals surface area contributed by atoms with E-state index in [2.05, 4.69) is 68.0 Å². The topological polar surface area (TPSA) is 133 Å². The SMILES string of the molecule is CN(c1cnc(-c2ccc(-c3ncnc(=O)[nH]3)cc2O)nn1)C1CC(C)(C)NC(C)(C)C1. The van der Waals surface area contributed by atoms with Crippen LogP contribution in [-0.4, -0.2) is 59.4 Å². The molecule has 1 aliphatic heterocycles. The van der Waals surface area contributed by atoms with Gasteiger partial charge in [-0.25, -0.2) is 14.8 Å².